The fraction of sp³-hybridized carbons (Fsp3) is 0.455. The average molecular weight is 249 g/mol. The number of nitrogens with one attached hydrogen (secondary N) is 1. The highest BCUT2D eigenvalue weighted by atomic mass is 16.3. The van der Waals surface area contributed by atoms with Crippen LogP contribution in [-0.4, -0.2) is 43.2 Å². The Kier molecular flexibility index (Phi) is 3.24. The van der Waals surface area contributed by atoms with E-state index in [0.29, 0.717) is 5.78 Å². The first kappa shape index (κ1) is 12.4. The summed E-state index contributed by atoms with van der Waals surface area (Å²) in [5.41, 5.74) is 1.68. The van der Waals surface area contributed by atoms with Gasteiger partial charge in [0.05, 0.1) is 6.10 Å². The topological polar surface area (TPSA) is 92.4 Å². The first-order chi connectivity index (χ1) is 8.47. The number of rotatable bonds is 3. The third-order valence-corrected chi connectivity index (χ3v) is 2.38. The van der Waals surface area contributed by atoms with Crippen molar-refractivity contribution in [2.45, 2.75) is 26.9 Å². The molecule has 0 unspecified atom stereocenters. The Morgan fingerprint density at radius 2 is 2.22 bits per heavy atom. The van der Waals surface area contributed by atoms with Crippen molar-refractivity contribution in [3.8, 4) is 0 Å². The lowest BCUT2D eigenvalue weighted by Gasteiger charge is -2.03. The Labute approximate surface area is 104 Å². The lowest BCUT2D eigenvalue weighted by atomic mass is 10.4. The summed E-state index contributed by atoms with van der Waals surface area (Å²) < 4.78 is 1.52. The average Bonchev–Trinajstić information content (AvgIpc) is 2.69. The Morgan fingerprint density at radius 1 is 1.50 bits per heavy atom. The molecule has 0 saturated heterocycles. The van der Waals surface area contributed by atoms with Crippen LogP contribution in [0.1, 0.15) is 28.9 Å². The van der Waals surface area contributed by atoms with Crippen molar-refractivity contribution >= 4 is 11.7 Å². The molecule has 0 aliphatic carbocycles. The van der Waals surface area contributed by atoms with Crippen molar-refractivity contribution in [1.82, 2.24) is 24.9 Å². The van der Waals surface area contributed by atoms with Gasteiger partial charge >= 0.3 is 0 Å². The van der Waals surface area contributed by atoms with Gasteiger partial charge in [-0.15, -0.1) is 5.10 Å². The van der Waals surface area contributed by atoms with Crippen molar-refractivity contribution in [2.75, 3.05) is 6.54 Å². The van der Waals surface area contributed by atoms with Gasteiger partial charge in [-0.05, 0) is 26.8 Å². The first-order valence-electron chi connectivity index (χ1n) is 5.64. The summed E-state index contributed by atoms with van der Waals surface area (Å²) in [6.45, 7) is 5.48. The number of aliphatic hydroxyl groups is 1. The van der Waals surface area contributed by atoms with Crippen LogP contribution in [0.4, 0.5) is 0 Å². The predicted molar refractivity (Wildman–Crippen MR) is 64.3 cm³/mol. The lowest BCUT2D eigenvalue weighted by Crippen LogP contribution is -2.31. The number of hydrogen-bond donors (Lipinski definition) is 2. The number of carbonyl (C=O) groups is 1. The summed E-state index contributed by atoms with van der Waals surface area (Å²) in [4.78, 5) is 20.0. The molecule has 0 aliphatic heterocycles. The summed E-state index contributed by atoms with van der Waals surface area (Å²) in [5.74, 6) is 0.0324. The maximum absolute atomic E-state index is 11.7. The summed E-state index contributed by atoms with van der Waals surface area (Å²) in [6.07, 6.45) is -0.604. The largest absolute Gasteiger partial charge is 0.392 e. The van der Waals surface area contributed by atoms with Gasteiger partial charge in [0.15, 0.2) is 0 Å². The van der Waals surface area contributed by atoms with E-state index in [2.05, 4.69) is 20.4 Å². The molecule has 0 saturated carbocycles. The van der Waals surface area contributed by atoms with Crippen LogP contribution in [0, 0.1) is 13.8 Å². The molecule has 2 N–H and O–H groups in total. The molecule has 7 heteroatoms. The van der Waals surface area contributed by atoms with E-state index >= 15 is 0 Å². The number of aliphatic hydroxyl groups excluding tert-OH is 1. The zero-order valence-electron chi connectivity index (χ0n) is 10.5. The maximum atomic E-state index is 11.7. The van der Waals surface area contributed by atoms with E-state index in [1.807, 2.05) is 19.9 Å². The van der Waals surface area contributed by atoms with Crippen molar-refractivity contribution < 1.29 is 9.90 Å². The molecule has 1 amide bonds. The molecular formula is C11H15N5O2. The summed E-state index contributed by atoms with van der Waals surface area (Å²) in [5, 5.41) is 15.7. The third-order valence-electron chi connectivity index (χ3n) is 2.38. The fourth-order valence-corrected chi connectivity index (χ4v) is 1.58. The molecule has 0 aromatic carbocycles. The summed E-state index contributed by atoms with van der Waals surface area (Å²) in [7, 11) is 0. The Hall–Kier alpha value is -2.02. The quantitative estimate of drug-likeness (QED) is 0.789. The molecule has 0 spiro atoms. The number of amides is 1. The van der Waals surface area contributed by atoms with Crippen LogP contribution in [0.2, 0.25) is 0 Å². The van der Waals surface area contributed by atoms with Crippen LogP contribution in [0.15, 0.2) is 6.07 Å². The molecule has 0 bridgehead atoms. The number of hydrogen-bond acceptors (Lipinski definition) is 5. The Balaban J connectivity index is 2.30. The number of fused-ring (bicyclic) bond motifs is 1. The van der Waals surface area contributed by atoms with Gasteiger partial charge in [-0.1, -0.05) is 0 Å². The van der Waals surface area contributed by atoms with Gasteiger partial charge in [0.25, 0.3) is 11.7 Å². The smallest absolute Gasteiger partial charge is 0.291 e. The molecule has 0 aliphatic rings. The van der Waals surface area contributed by atoms with E-state index in [-0.39, 0.29) is 12.4 Å². The van der Waals surface area contributed by atoms with Crippen LogP contribution in [-0.2, 0) is 0 Å². The third kappa shape index (κ3) is 2.45. The SMILES string of the molecule is Cc1cc(C)n2nc(C(=O)NC[C@@H](C)O)nc2n1. The van der Waals surface area contributed by atoms with Gasteiger partial charge in [-0.3, -0.25) is 4.79 Å². The van der Waals surface area contributed by atoms with Crippen LogP contribution in [0.3, 0.4) is 0 Å². The van der Waals surface area contributed by atoms with E-state index in [9.17, 15) is 4.79 Å². The fourth-order valence-electron chi connectivity index (χ4n) is 1.58. The molecule has 2 rings (SSSR count). The zero-order valence-corrected chi connectivity index (χ0v) is 10.5. The minimum absolute atomic E-state index is 0.0526. The lowest BCUT2D eigenvalue weighted by molar-refractivity contribution is 0.0914. The van der Waals surface area contributed by atoms with Gasteiger partial charge < -0.3 is 10.4 Å². The van der Waals surface area contributed by atoms with Gasteiger partial charge in [-0.2, -0.15) is 4.98 Å². The van der Waals surface area contributed by atoms with E-state index in [0.717, 1.165) is 11.4 Å². The maximum Gasteiger partial charge on any atom is 0.291 e. The number of nitrogens with zero attached hydrogens (tertiary/aromatic N) is 4. The highest BCUT2D eigenvalue weighted by molar-refractivity contribution is 5.90. The van der Waals surface area contributed by atoms with Gasteiger partial charge in [-0.25, -0.2) is 9.50 Å². The molecule has 0 fully saturated rings. The van der Waals surface area contributed by atoms with Crippen LogP contribution >= 0.6 is 0 Å². The second-order valence-electron chi connectivity index (χ2n) is 4.25. The highest BCUT2D eigenvalue weighted by Crippen LogP contribution is 2.05. The summed E-state index contributed by atoms with van der Waals surface area (Å²) in [6, 6.07) is 1.86. The zero-order chi connectivity index (χ0) is 13.3. The van der Waals surface area contributed by atoms with E-state index in [1.54, 1.807) is 6.92 Å². The molecule has 2 aromatic heterocycles. The second-order valence-corrected chi connectivity index (χ2v) is 4.25. The van der Waals surface area contributed by atoms with Crippen LogP contribution in [0.5, 0.6) is 0 Å². The van der Waals surface area contributed by atoms with Crippen molar-refractivity contribution in [2.24, 2.45) is 0 Å². The molecule has 96 valence electrons. The molecule has 2 heterocycles. The van der Waals surface area contributed by atoms with Crippen LogP contribution < -0.4 is 5.32 Å². The van der Waals surface area contributed by atoms with Gasteiger partial charge in [0.2, 0.25) is 5.82 Å². The van der Waals surface area contributed by atoms with E-state index in [4.69, 9.17) is 5.11 Å². The predicted octanol–water partition coefficient (Wildman–Crippen LogP) is -0.148. The number of aromatic nitrogens is 4. The molecule has 1 atom stereocenters. The molecule has 0 radical (unpaired) electrons. The van der Waals surface area contributed by atoms with Crippen LogP contribution in [0.25, 0.3) is 5.78 Å². The molecular weight excluding hydrogens is 234 g/mol. The molecule has 18 heavy (non-hydrogen) atoms. The second kappa shape index (κ2) is 4.69. The van der Waals surface area contributed by atoms with Gasteiger partial charge in [0, 0.05) is 17.9 Å². The Bertz CT molecular complexity index is 590. The van der Waals surface area contributed by atoms with E-state index < -0.39 is 12.0 Å². The standard InChI is InChI=1S/C11H15N5O2/c1-6-4-7(2)16-11(13-6)14-9(15-16)10(18)12-5-8(3)17/h4,8,17H,5H2,1-3H3,(H,12,18)/t8-/m1/s1. The monoisotopic (exact) mass is 249 g/mol. The number of aryl methyl sites for hydroxylation is 2. The van der Waals surface area contributed by atoms with Crippen molar-refractivity contribution in [3.05, 3.63) is 23.3 Å². The van der Waals surface area contributed by atoms with E-state index in [1.165, 1.54) is 4.52 Å². The summed E-state index contributed by atoms with van der Waals surface area (Å²) >= 11 is 0. The normalized spacial score (nSPS) is 12.7. The van der Waals surface area contributed by atoms with Gasteiger partial charge in [0.1, 0.15) is 0 Å². The van der Waals surface area contributed by atoms with Crippen molar-refractivity contribution in [3.63, 3.8) is 0 Å². The first-order valence-corrected chi connectivity index (χ1v) is 5.64. The minimum atomic E-state index is -0.604. The Morgan fingerprint density at radius 3 is 2.89 bits per heavy atom. The molecule has 7 nitrogen and oxygen atoms in total. The van der Waals surface area contributed by atoms with Crippen molar-refractivity contribution in [1.29, 1.82) is 0 Å². The highest BCUT2D eigenvalue weighted by Gasteiger charge is 2.14. The molecule has 2 aromatic rings. The minimum Gasteiger partial charge on any atom is -0.392 e. The number of carbonyl (C=O) groups excluding carboxylic acids is 1.